The fourth-order valence-electron chi connectivity index (χ4n) is 3.35. The van der Waals surface area contributed by atoms with Gasteiger partial charge in [-0.2, -0.15) is 0 Å². The van der Waals surface area contributed by atoms with Crippen LogP contribution in [-0.2, 0) is 0 Å². The number of aliphatic hydroxyl groups is 1. The number of nitrogens with zero attached hydrogens (tertiary/aromatic N) is 1. The fourth-order valence-corrected chi connectivity index (χ4v) is 3.35. The molecule has 2 fully saturated rings. The molecular formula is C14H28N2O. The van der Waals surface area contributed by atoms with Crippen molar-refractivity contribution in [1.82, 2.24) is 10.2 Å². The molecule has 1 aliphatic heterocycles. The van der Waals surface area contributed by atoms with Crippen LogP contribution < -0.4 is 5.32 Å². The van der Waals surface area contributed by atoms with Crippen molar-refractivity contribution in [3.8, 4) is 0 Å². The molecule has 3 nitrogen and oxygen atoms in total. The average Bonchev–Trinajstić information content (AvgIpc) is 2.59. The maximum absolute atomic E-state index is 10.3. The molecule has 0 aromatic rings. The van der Waals surface area contributed by atoms with Gasteiger partial charge in [-0.25, -0.2) is 0 Å². The lowest BCUT2D eigenvalue weighted by Gasteiger charge is -2.37. The highest BCUT2D eigenvalue weighted by atomic mass is 16.3. The van der Waals surface area contributed by atoms with Crippen LogP contribution in [0.1, 0.15) is 52.4 Å². The van der Waals surface area contributed by atoms with E-state index in [0.717, 1.165) is 19.6 Å². The van der Waals surface area contributed by atoms with E-state index in [1.54, 1.807) is 0 Å². The van der Waals surface area contributed by atoms with E-state index in [0.29, 0.717) is 12.1 Å². The Bertz CT molecular complexity index is 234. The van der Waals surface area contributed by atoms with E-state index in [1.807, 2.05) is 6.92 Å². The normalized spacial score (nSPS) is 38.6. The van der Waals surface area contributed by atoms with Gasteiger partial charge in [0.25, 0.3) is 0 Å². The lowest BCUT2D eigenvalue weighted by atomic mass is 10.0. The van der Waals surface area contributed by atoms with Gasteiger partial charge in [-0.15, -0.1) is 0 Å². The molecule has 17 heavy (non-hydrogen) atoms. The van der Waals surface area contributed by atoms with Gasteiger partial charge in [-0.05, 0) is 26.7 Å². The van der Waals surface area contributed by atoms with Gasteiger partial charge in [0.05, 0.1) is 5.60 Å². The zero-order valence-corrected chi connectivity index (χ0v) is 11.4. The van der Waals surface area contributed by atoms with E-state index < -0.39 is 5.60 Å². The van der Waals surface area contributed by atoms with Crippen LogP contribution in [0, 0.1) is 0 Å². The van der Waals surface area contributed by atoms with Crippen LogP contribution in [0.5, 0.6) is 0 Å². The summed E-state index contributed by atoms with van der Waals surface area (Å²) in [6.07, 6.45) is 8.16. The molecule has 3 heteroatoms. The van der Waals surface area contributed by atoms with E-state index >= 15 is 0 Å². The minimum absolute atomic E-state index is 0.548. The lowest BCUT2D eigenvalue weighted by Crippen LogP contribution is -2.49. The standard InChI is InChI=1S/C14H28N2O/c1-12-9-15-10-14(2,17)11-16(12)13-7-5-3-4-6-8-13/h12-13,15,17H,3-11H2,1-2H3. The van der Waals surface area contributed by atoms with E-state index in [2.05, 4.69) is 17.1 Å². The minimum Gasteiger partial charge on any atom is -0.388 e. The first kappa shape index (κ1) is 13.3. The average molecular weight is 240 g/mol. The first-order valence-electron chi connectivity index (χ1n) is 7.27. The maximum atomic E-state index is 10.3. The smallest absolute Gasteiger partial charge is 0.0869 e. The highest BCUT2D eigenvalue weighted by Gasteiger charge is 2.33. The predicted molar refractivity (Wildman–Crippen MR) is 71.2 cm³/mol. The Kier molecular flexibility index (Phi) is 4.45. The molecule has 100 valence electrons. The summed E-state index contributed by atoms with van der Waals surface area (Å²) in [6, 6.07) is 1.24. The Labute approximate surface area is 106 Å². The number of nitrogens with one attached hydrogen (secondary N) is 1. The quantitative estimate of drug-likeness (QED) is 0.686. The summed E-state index contributed by atoms with van der Waals surface area (Å²) in [7, 11) is 0. The molecule has 0 aromatic heterocycles. The van der Waals surface area contributed by atoms with Crippen LogP contribution in [0.25, 0.3) is 0 Å². The highest BCUT2D eigenvalue weighted by molar-refractivity contribution is 4.90. The molecular weight excluding hydrogens is 212 g/mol. The Morgan fingerprint density at radius 2 is 1.82 bits per heavy atom. The number of hydrogen-bond donors (Lipinski definition) is 2. The van der Waals surface area contributed by atoms with Gasteiger partial charge < -0.3 is 10.4 Å². The van der Waals surface area contributed by atoms with Crippen molar-refractivity contribution in [2.24, 2.45) is 0 Å². The number of β-amino-alcohol motifs (C(OH)–C–C–N with tert-alkyl or cyclic N) is 1. The first-order chi connectivity index (χ1) is 8.08. The van der Waals surface area contributed by atoms with Crippen LogP contribution >= 0.6 is 0 Å². The molecule has 2 N–H and O–H groups in total. The topological polar surface area (TPSA) is 35.5 Å². The molecule has 0 radical (unpaired) electrons. The van der Waals surface area contributed by atoms with Crippen LogP contribution in [-0.4, -0.2) is 47.3 Å². The van der Waals surface area contributed by atoms with E-state index in [1.165, 1.54) is 38.5 Å². The largest absolute Gasteiger partial charge is 0.388 e. The Hall–Kier alpha value is -0.120. The van der Waals surface area contributed by atoms with Crippen molar-refractivity contribution < 1.29 is 5.11 Å². The van der Waals surface area contributed by atoms with E-state index in [-0.39, 0.29) is 0 Å². The zero-order chi connectivity index (χ0) is 12.3. The highest BCUT2D eigenvalue weighted by Crippen LogP contribution is 2.25. The molecule has 0 bridgehead atoms. The molecule has 0 aromatic carbocycles. The second-order valence-electron chi connectivity index (χ2n) is 6.29. The molecule has 2 atom stereocenters. The minimum atomic E-state index is -0.572. The summed E-state index contributed by atoms with van der Waals surface area (Å²) in [4.78, 5) is 2.56. The Morgan fingerprint density at radius 3 is 2.47 bits per heavy atom. The van der Waals surface area contributed by atoms with Crippen LogP contribution in [0.2, 0.25) is 0 Å². The summed E-state index contributed by atoms with van der Waals surface area (Å²) in [5, 5.41) is 13.7. The Morgan fingerprint density at radius 1 is 1.18 bits per heavy atom. The molecule has 2 rings (SSSR count). The van der Waals surface area contributed by atoms with Crippen molar-refractivity contribution >= 4 is 0 Å². The lowest BCUT2D eigenvalue weighted by molar-refractivity contribution is 0.00778. The molecule has 2 aliphatic rings. The van der Waals surface area contributed by atoms with Crippen molar-refractivity contribution in [3.05, 3.63) is 0 Å². The third-order valence-electron chi connectivity index (χ3n) is 4.33. The van der Waals surface area contributed by atoms with Crippen molar-refractivity contribution in [3.63, 3.8) is 0 Å². The van der Waals surface area contributed by atoms with Crippen LogP contribution in [0.15, 0.2) is 0 Å². The predicted octanol–water partition coefficient (Wildman–Crippen LogP) is 1.75. The molecule has 0 amide bonds. The van der Waals surface area contributed by atoms with Gasteiger partial charge in [-0.3, -0.25) is 4.90 Å². The molecule has 1 saturated heterocycles. The molecule has 0 spiro atoms. The summed E-state index contributed by atoms with van der Waals surface area (Å²) in [6.45, 7) is 6.81. The van der Waals surface area contributed by atoms with Gasteiger partial charge in [0.15, 0.2) is 0 Å². The van der Waals surface area contributed by atoms with Crippen molar-refractivity contribution in [2.45, 2.75) is 70.1 Å². The fraction of sp³-hybridized carbons (Fsp3) is 1.00. The van der Waals surface area contributed by atoms with Gasteiger partial charge in [0, 0.05) is 31.7 Å². The van der Waals surface area contributed by atoms with Crippen LogP contribution in [0.3, 0.4) is 0 Å². The SMILES string of the molecule is CC1CNCC(C)(O)CN1C1CCCCCC1. The molecule has 2 unspecified atom stereocenters. The summed E-state index contributed by atoms with van der Waals surface area (Å²) < 4.78 is 0. The summed E-state index contributed by atoms with van der Waals surface area (Å²) in [5.41, 5.74) is -0.572. The molecule has 1 aliphatic carbocycles. The molecule has 1 saturated carbocycles. The van der Waals surface area contributed by atoms with Gasteiger partial charge in [-0.1, -0.05) is 25.7 Å². The maximum Gasteiger partial charge on any atom is 0.0869 e. The third-order valence-corrected chi connectivity index (χ3v) is 4.33. The second-order valence-corrected chi connectivity index (χ2v) is 6.29. The number of rotatable bonds is 1. The third kappa shape index (κ3) is 3.67. The number of hydrogen-bond acceptors (Lipinski definition) is 3. The van der Waals surface area contributed by atoms with Gasteiger partial charge in [0.2, 0.25) is 0 Å². The van der Waals surface area contributed by atoms with E-state index in [4.69, 9.17) is 0 Å². The van der Waals surface area contributed by atoms with Crippen LogP contribution in [0.4, 0.5) is 0 Å². The summed E-state index contributed by atoms with van der Waals surface area (Å²) >= 11 is 0. The summed E-state index contributed by atoms with van der Waals surface area (Å²) in [5.74, 6) is 0. The van der Waals surface area contributed by atoms with Crippen molar-refractivity contribution in [1.29, 1.82) is 0 Å². The first-order valence-corrected chi connectivity index (χ1v) is 7.27. The van der Waals surface area contributed by atoms with E-state index in [9.17, 15) is 5.11 Å². The van der Waals surface area contributed by atoms with Gasteiger partial charge >= 0.3 is 0 Å². The monoisotopic (exact) mass is 240 g/mol. The Balaban J connectivity index is 2.04. The molecule has 1 heterocycles. The second kappa shape index (κ2) is 5.68. The van der Waals surface area contributed by atoms with Crippen molar-refractivity contribution in [2.75, 3.05) is 19.6 Å². The zero-order valence-electron chi connectivity index (χ0n) is 11.4. The van der Waals surface area contributed by atoms with Gasteiger partial charge in [0.1, 0.15) is 0 Å².